The van der Waals surface area contributed by atoms with E-state index in [9.17, 15) is 0 Å². The van der Waals surface area contributed by atoms with Crippen LogP contribution in [0.5, 0.6) is 0 Å². The van der Waals surface area contributed by atoms with E-state index < -0.39 is 0 Å². The Kier molecular flexibility index (Phi) is 4.97. The van der Waals surface area contributed by atoms with Gasteiger partial charge >= 0.3 is 0 Å². The fourth-order valence-corrected chi connectivity index (χ4v) is 2.09. The number of hydrogen-bond donors (Lipinski definition) is 0. The van der Waals surface area contributed by atoms with E-state index in [1.165, 1.54) is 5.56 Å². The highest BCUT2D eigenvalue weighted by atomic mass is 79.9. The Balaban J connectivity index is 2.63. The molecular formula is C12H16BrCl. The van der Waals surface area contributed by atoms with Gasteiger partial charge in [-0.25, -0.2) is 0 Å². The largest absolute Gasteiger partial charge is 0.123 e. The Morgan fingerprint density at radius 2 is 1.86 bits per heavy atom. The first-order chi connectivity index (χ1) is 6.63. The molecule has 0 aliphatic heterocycles. The lowest BCUT2D eigenvalue weighted by molar-refractivity contribution is 0.497. The van der Waals surface area contributed by atoms with E-state index >= 15 is 0 Å². The van der Waals surface area contributed by atoms with E-state index in [1.54, 1.807) is 0 Å². The zero-order valence-corrected chi connectivity index (χ0v) is 11.0. The van der Waals surface area contributed by atoms with Crippen molar-refractivity contribution < 1.29 is 0 Å². The molecular weight excluding hydrogens is 259 g/mol. The lowest BCUT2D eigenvalue weighted by Gasteiger charge is -2.17. The second-order valence-corrected chi connectivity index (χ2v) is 5.28. The molecule has 0 spiro atoms. The molecule has 78 valence electrons. The maximum atomic E-state index is 6.12. The van der Waals surface area contributed by atoms with Gasteiger partial charge in [-0.2, -0.15) is 0 Å². The third-order valence-corrected chi connectivity index (χ3v) is 3.47. The molecule has 1 aromatic carbocycles. The van der Waals surface area contributed by atoms with Crippen LogP contribution in [0.2, 0.25) is 0 Å². The SMILES string of the molecule is CCC(Cc1ccc(Br)cc1)C(C)Cl. The van der Waals surface area contributed by atoms with Crippen molar-refractivity contribution in [2.24, 2.45) is 5.92 Å². The Morgan fingerprint density at radius 3 is 2.29 bits per heavy atom. The minimum atomic E-state index is 0.253. The minimum Gasteiger partial charge on any atom is -0.123 e. The van der Waals surface area contributed by atoms with Crippen molar-refractivity contribution in [3.63, 3.8) is 0 Å². The lowest BCUT2D eigenvalue weighted by Crippen LogP contribution is -2.13. The van der Waals surface area contributed by atoms with E-state index in [1.807, 2.05) is 0 Å². The second-order valence-electron chi connectivity index (χ2n) is 3.68. The highest BCUT2D eigenvalue weighted by Crippen LogP contribution is 2.21. The fourth-order valence-electron chi connectivity index (χ4n) is 1.55. The van der Waals surface area contributed by atoms with Gasteiger partial charge in [0.05, 0.1) is 0 Å². The number of alkyl halides is 1. The highest BCUT2D eigenvalue weighted by molar-refractivity contribution is 9.10. The van der Waals surface area contributed by atoms with E-state index in [0.29, 0.717) is 5.92 Å². The summed E-state index contributed by atoms with van der Waals surface area (Å²) in [5.41, 5.74) is 1.37. The Hall–Kier alpha value is -0.0100. The van der Waals surface area contributed by atoms with E-state index in [4.69, 9.17) is 11.6 Å². The van der Waals surface area contributed by atoms with Crippen LogP contribution in [0.1, 0.15) is 25.8 Å². The Labute approximate surface area is 99.8 Å². The van der Waals surface area contributed by atoms with Crippen LogP contribution in [0.4, 0.5) is 0 Å². The monoisotopic (exact) mass is 274 g/mol. The van der Waals surface area contributed by atoms with Crippen molar-refractivity contribution in [3.8, 4) is 0 Å². The van der Waals surface area contributed by atoms with E-state index in [0.717, 1.165) is 17.3 Å². The zero-order chi connectivity index (χ0) is 10.6. The normalized spacial score (nSPS) is 15.1. The van der Waals surface area contributed by atoms with Gasteiger partial charge in [-0.15, -0.1) is 11.6 Å². The molecule has 0 saturated carbocycles. The second kappa shape index (κ2) is 5.77. The van der Waals surface area contributed by atoms with Crippen LogP contribution in [0.25, 0.3) is 0 Å². The standard InChI is InChI=1S/C12H16BrCl/c1-3-11(9(2)14)8-10-4-6-12(13)7-5-10/h4-7,9,11H,3,8H2,1-2H3. The molecule has 2 unspecified atom stereocenters. The average molecular weight is 276 g/mol. The molecule has 0 amide bonds. The zero-order valence-electron chi connectivity index (χ0n) is 8.63. The summed E-state index contributed by atoms with van der Waals surface area (Å²) < 4.78 is 1.13. The third kappa shape index (κ3) is 3.62. The highest BCUT2D eigenvalue weighted by Gasteiger charge is 2.13. The summed E-state index contributed by atoms with van der Waals surface area (Å²) in [4.78, 5) is 0. The van der Waals surface area contributed by atoms with Crippen molar-refractivity contribution in [2.75, 3.05) is 0 Å². The van der Waals surface area contributed by atoms with Gasteiger partial charge < -0.3 is 0 Å². The van der Waals surface area contributed by atoms with Crippen molar-refractivity contribution in [1.82, 2.24) is 0 Å². The molecule has 0 N–H and O–H groups in total. The Morgan fingerprint density at radius 1 is 1.29 bits per heavy atom. The van der Waals surface area contributed by atoms with E-state index in [2.05, 4.69) is 54.0 Å². The van der Waals surface area contributed by atoms with Gasteiger partial charge in [0.25, 0.3) is 0 Å². The van der Waals surface area contributed by atoms with Gasteiger partial charge in [-0.3, -0.25) is 0 Å². The van der Waals surface area contributed by atoms with Gasteiger partial charge in [0.1, 0.15) is 0 Å². The van der Waals surface area contributed by atoms with Crippen molar-refractivity contribution in [3.05, 3.63) is 34.3 Å². The van der Waals surface area contributed by atoms with Crippen LogP contribution in [0.15, 0.2) is 28.7 Å². The summed E-state index contributed by atoms with van der Waals surface area (Å²) in [6, 6.07) is 8.49. The lowest BCUT2D eigenvalue weighted by atomic mass is 9.94. The molecule has 1 aromatic rings. The molecule has 0 aliphatic carbocycles. The molecule has 1 rings (SSSR count). The molecule has 0 nitrogen and oxygen atoms in total. The first kappa shape index (κ1) is 12.1. The van der Waals surface area contributed by atoms with Crippen LogP contribution < -0.4 is 0 Å². The predicted octanol–water partition coefficient (Wildman–Crippen LogP) is 4.65. The summed E-state index contributed by atoms with van der Waals surface area (Å²) >= 11 is 9.55. The summed E-state index contributed by atoms with van der Waals surface area (Å²) in [5, 5.41) is 0.253. The number of halogens is 2. The van der Waals surface area contributed by atoms with Gasteiger partial charge in [-0.05, 0) is 37.0 Å². The Bertz CT molecular complexity index is 266. The summed E-state index contributed by atoms with van der Waals surface area (Å²) in [6.45, 7) is 4.27. The molecule has 0 saturated heterocycles. The van der Waals surface area contributed by atoms with Crippen molar-refractivity contribution >= 4 is 27.5 Å². The number of benzene rings is 1. The quantitative estimate of drug-likeness (QED) is 0.702. The molecule has 0 heterocycles. The van der Waals surface area contributed by atoms with Gasteiger partial charge in [0.15, 0.2) is 0 Å². The van der Waals surface area contributed by atoms with Crippen LogP contribution in [-0.2, 0) is 6.42 Å². The minimum absolute atomic E-state index is 0.253. The maximum absolute atomic E-state index is 6.12. The fraction of sp³-hybridized carbons (Fsp3) is 0.500. The smallest absolute Gasteiger partial charge is 0.0339 e. The molecule has 0 radical (unpaired) electrons. The van der Waals surface area contributed by atoms with E-state index in [-0.39, 0.29) is 5.38 Å². The topological polar surface area (TPSA) is 0 Å². The maximum Gasteiger partial charge on any atom is 0.0339 e. The van der Waals surface area contributed by atoms with Crippen molar-refractivity contribution in [1.29, 1.82) is 0 Å². The molecule has 14 heavy (non-hydrogen) atoms. The first-order valence-corrected chi connectivity index (χ1v) is 6.25. The first-order valence-electron chi connectivity index (χ1n) is 5.02. The molecule has 0 aromatic heterocycles. The van der Waals surface area contributed by atoms with Crippen LogP contribution in [0.3, 0.4) is 0 Å². The average Bonchev–Trinajstić information content (AvgIpc) is 2.16. The van der Waals surface area contributed by atoms with Crippen LogP contribution in [-0.4, -0.2) is 5.38 Å². The van der Waals surface area contributed by atoms with Gasteiger partial charge in [0.2, 0.25) is 0 Å². The number of rotatable bonds is 4. The third-order valence-electron chi connectivity index (χ3n) is 2.59. The molecule has 0 aliphatic rings. The molecule has 2 atom stereocenters. The van der Waals surface area contributed by atoms with Crippen molar-refractivity contribution in [2.45, 2.75) is 32.1 Å². The molecule has 0 bridgehead atoms. The summed E-state index contributed by atoms with van der Waals surface area (Å²) in [5.74, 6) is 0.581. The number of hydrogen-bond acceptors (Lipinski definition) is 0. The summed E-state index contributed by atoms with van der Waals surface area (Å²) in [6.07, 6.45) is 2.22. The molecule has 0 fully saturated rings. The van der Waals surface area contributed by atoms with Gasteiger partial charge in [-0.1, -0.05) is 41.4 Å². The van der Waals surface area contributed by atoms with Crippen LogP contribution >= 0.6 is 27.5 Å². The van der Waals surface area contributed by atoms with Crippen LogP contribution in [0, 0.1) is 5.92 Å². The predicted molar refractivity (Wildman–Crippen MR) is 66.9 cm³/mol. The van der Waals surface area contributed by atoms with Gasteiger partial charge in [0, 0.05) is 9.85 Å². The molecule has 2 heteroatoms. The summed E-state index contributed by atoms with van der Waals surface area (Å²) in [7, 11) is 0.